The molecule has 0 saturated heterocycles. The smallest absolute Gasteiger partial charge is 0.257 e. The molecule has 0 heterocycles. The van der Waals surface area contributed by atoms with Gasteiger partial charge in [0.2, 0.25) is 0 Å². The molecule has 0 aliphatic carbocycles. The van der Waals surface area contributed by atoms with Crippen molar-refractivity contribution in [2.24, 2.45) is 0 Å². The average Bonchev–Trinajstić information content (AvgIpc) is 2.58. The molecule has 0 aromatic heterocycles. The molecule has 5 heteroatoms. The number of halogens is 1. The third kappa shape index (κ3) is 5.87. The lowest BCUT2D eigenvalue weighted by molar-refractivity contribution is -0.123. The van der Waals surface area contributed by atoms with Gasteiger partial charge < -0.3 is 10.1 Å². The summed E-state index contributed by atoms with van der Waals surface area (Å²) in [6.07, 6.45) is 2.50. The number of benzene rings is 2. The number of ether oxygens (including phenoxy) is 1. The van der Waals surface area contributed by atoms with Crippen LogP contribution in [0.25, 0.3) is 0 Å². The van der Waals surface area contributed by atoms with Gasteiger partial charge in [-0.3, -0.25) is 9.59 Å². The predicted octanol–water partition coefficient (Wildman–Crippen LogP) is 3.39. The van der Waals surface area contributed by atoms with Crippen LogP contribution in [0.1, 0.15) is 22.3 Å². The van der Waals surface area contributed by atoms with Crippen molar-refractivity contribution in [1.82, 2.24) is 5.32 Å². The van der Waals surface area contributed by atoms with E-state index in [1.807, 2.05) is 18.2 Å². The number of amides is 1. The standard InChI is InChI=1S/C18H18BrNO3/c19-16-8-9-17(15(11-16)12-21)23-13-18(22)20-10-4-7-14-5-2-1-3-6-14/h1-3,5-6,8-9,11-12H,4,7,10,13H2,(H,20,22). The summed E-state index contributed by atoms with van der Waals surface area (Å²) in [4.78, 5) is 22.7. The van der Waals surface area contributed by atoms with Gasteiger partial charge in [-0.25, -0.2) is 0 Å². The molecule has 0 fully saturated rings. The zero-order valence-corrected chi connectivity index (χ0v) is 14.2. The van der Waals surface area contributed by atoms with Crippen LogP contribution in [0.3, 0.4) is 0 Å². The van der Waals surface area contributed by atoms with E-state index in [4.69, 9.17) is 4.74 Å². The molecule has 1 amide bonds. The molecule has 0 unspecified atom stereocenters. The van der Waals surface area contributed by atoms with Crippen LogP contribution in [-0.2, 0) is 11.2 Å². The Morgan fingerprint density at radius 1 is 1.17 bits per heavy atom. The second-order valence-corrected chi connectivity index (χ2v) is 5.94. The van der Waals surface area contributed by atoms with Crippen LogP contribution in [0.2, 0.25) is 0 Å². The molecular weight excluding hydrogens is 358 g/mol. The second kappa shape index (κ2) is 9.10. The summed E-state index contributed by atoms with van der Waals surface area (Å²) in [6.45, 7) is 0.492. The molecule has 2 rings (SSSR count). The molecule has 0 atom stereocenters. The lowest BCUT2D eigenvalue weighted by Gasteiger charge is -2.09. The van der Waals surface area contributed by atoms with E-state index >= 15 is 0 Å². The number of nitrogens with one attached hydrogen (secondary N) is 1. The Labute approximate surface area is 144 Å². The van der Waals surface area contributed by atoms with Crippen molar-refractivity contribution in [3.05, 3.63) is 64.1 Å². The quantitative estimate of drug-likeness (QED) is 0.568. The topological polar surface area (TPSA) is 55.4 Å². The van der Waals surface area contributed by atoms with Gasteiger partial charge in [0.05, 0.1) is 5.56 Å². The van der Waals surface area contributed by atoms with E-state index in [-0.39, 0.29) is 12.5 Å². The summed E-state index contributed by atoms with van der Waals surface area (Å²) < 4.78 is 6.19. The molecule has 1 N–H and O–H groups in total. The van der Waals surface area contributed by atoms with E-state index in [0.29, 0.717) is 24.1 Å². The average molecular weight is 376 g/mol. The Bertz CT molecular complexity index is 659. The van der Waals surface area contributed by atoms with Crippen molar-refractivity contribution in [1.29, 1.82) is 0 Å². The summed E-state index contributed by atoms with van der Waals surface area (Å²) >= 11 is 3.28. The first kappa shape index (κ1) is 17.2. The zero-order valence-electron chi connectivity index (χ0n) is 12.6. The van der Waals surface area contributed by atoms with Gasteiger partial charge in [0.15, 0.2) is 12.9 Å². The van der Waals surface area contributed by atoms with Crippen LogP contribution in [0, 0.1) is 0 Å². The minimum Gasteiger partial charge on any atom is -0.483 e. The van der Waals surface area contributed by atoms with E-state index in [0.717, 1.165) is 17.3 Å². The van der Waals surface area contributed by atoms with Gasteiger partial charge >= 0.3 is 0 Å². The van der Waals surface area contributed by atoms with Crippen molar-refractivity contribution in [2.45, 2.75) is 12.8 Å². The molecule has 0 aliphatic rings. The van der Waals surface area contributed by atoms with Crippen molar-refractivity contribution >= 4 is 28.1 Å². The maximum atomic E-state index is 11.8. The second-order valence-electron chi connectivity index (χ2n) is 5.03. The number of carbonyl (C=O) groups excluding carboxylic acids is 2. The molecule has 0 aliphatic heterocycles. The lowest BCUT2D eigenvalue weighted by atomic mass is 10.1. The first-order valence-electron chi connectivity index (χ1n) is 7.37. The Morgan fingerprint density at radius 3 is 2.70 bits per heavy atom. The SMILES string of the molecule is O=Cc1cc(Br)ccc1OCC(=O)NCCCc1ccccc1. The monoisotopic (exact) mass is 375 g/mol. The number of carbonyl (C=O) groups is 2. The highest BCUT2D eigenvalue weighted by atomic mass is 79.9. The Hall–Kier alpha value is -2.14. The predicted molar refractivity (Wildman–Crippen MR) is 92.8 cm³/mol. The van der Waals surface area contributed by atoms with Crippen molar-refractivity contribution in [3.8, 4) is 5.75 Å². The Morgan fingerprint density at radius 2 is 1.96 bits per heavy atom. The highest BCUT2D eigenvalue weighted by Crippen LogP contribution is 2.21. The third-order valence-electron chi connectivity index (χ3n) is 3.26. The minimum absolute atomic E-state index is 0.103. The highest BCUT2D eigenvalue weighted by molar-refractivity contribution is 9.10. The van der Waals surface area contributed by atoms with Gasteiger partial charge in [-0.1, -0.05) is 46.3 Å². The molecule has 0 spiro atoms. The number of aldehydes is 1. The molecule has 2 aromatic carbocycles. The fraction of sp³-hybridized carbons (Fsp3) is 0.222. The summed E-state index contributed by atoms with van der Waals surface area (Å²) in [5.74, 6) is 0.209. The van der Waals surface area contributed by atoms with E-state index in [1.165, 1.54) is 5.56 Å². The number of rotatable bonds is 8. The molecule has 0 bridgehead atoms. The molecule has 23 heavy (non-hydrogen) atoms. The van der Waals surface area contributed by atoms with Crippen LogP contribution in [-0.4, -0.2) is 25.3 Å². The van der Waals surface area contributed by atoms with Crippen molar-refractivity contribution < 1.29 is 14.3 Å². The number of hydrogen-bond acceptors (Lipinski definition) is 3. The summed E-state index contributed by atoms with van der Waals surface area (Å²) in [5.41, 5.74) is 1.67. The van der Waals surface area contributed by atoms with Crippen molar-refractivity contribution in [3.63, 3.8) is 0 Å². The maximum Gasteiger partial charge on any atom is 0.257 e. The summed E-state index contributed by atoms with van der Waals surface area (Å²) in [6, 6.07) is 15.2. The summed E-state index contributed by atoms with van der Waals surface area (Å²) in [7, 11) is 0. The van der Waals surface area contributed by atoms with Gasteiger partial charge in [0.25, 0.3) is 5.91 Å². The van der Waals surface area contributed by atoms with Gasteiger partial charge in [0, 0.05) is 11.0 Å². The van der Waals surface area contributed by atoms with Gasteiger partial charge in [0.1, 0.15) is 5.75 Å². The molecule has 2 aromatic rings. The van der Waals surface area contributed by atoms with E-state index < -0.39 is 0 Å². The number of aryl methyl sites for hydroxylation is 1. The lowest BCUT2D eigenvalue weighted by Crippen LogP contribution is -2.30. The number of hydrogen-bond donors (Lipinski definition) is 1. The van der Waals surface area contributed by atoms with Gasteiger partial charge in [-0.15, -0.1) is 0 Å². The van der Waals surface area contributed by atoms with Crippen LogP contribution >= 0.6 is 15.9 Å². The molecule has 4 nitrogen and oxygen atoms in total. The molecule has 0 saturated carbocycles. The third-order valence-corrected chi connectivity index (χ3v) is 3.76. The van der Waals surface area contributed by atoms with E-state index in [2.05, 4.69) is 33.4 Å². The van der Waals surface area contributed by atoms with Crippen LogP contribution < -0.4 is 10.1 Å². The summed E-state index contributed by atoms with van der Waals surface area (Å²) in [5, 5.41) is 2.81. The fourth-order valence-electron chi connectivity index (χ4n) is 2.10. The minimum atomic E-state index is -0.196. The Kier molecular flexibility index (Phi) is 6.81. The molecule has 120 valence electrons. The van der Waals surface area contributed by atoms with Gasteiger partial charge in [-0.2, -0.15) is 0 Å². The van der Waals surface area contributed by atoms with E-state index in [1.54, 1.807) is 18.2 Å². The largest absolute Gasteiger partial charge is 0.483 e. The first-order chi connectivity index (χ1) is 11.2. The normalized spacial score (nSPS) is 10.1. The van der Waals surface area contributed by atoms with Crippen LogP contribution in [0.15, 0.2) is 53.0 Å². The van der Waals surface area contributed by atoms with Crippen molar-refractivity contribution in [2.75, 3.05) is 13.2 Å². The zero-order chi connectivity index (χ0) is 16.5. The van der Waals surface area contributed by atoms with Crippen LogP contribution in [0.4, 0.5) is 0 Å². The highest BCUT2D eigenvalue weighted by Gasteiger charge is 2.07. The fourth-order valence-corrected chi connectivity index (χ4v) is 2.48. The maximum absolute atomic E-state index is 11.8. The first-order valence-corrected chi connectivity index (χ1v) is 8.16. The molecular formula is C18H18BrNO3. The molecule has 0 radical (unpaired) electrons. The van der Waals surface area contributed by atoms with Crippen LogP contribution in [0.5, 0.6) is 5.75 Å². The van der Waals surface area contributed by atoms with Gasteiger partial charge in [-0.05, 0) is 36.6 Å². The Balaban J connectivity index is 1.70. The van der Waals surface area contributed by atoms with E-state index in [9.17, 15) is 9.59 Å².